The lowest BCUT2D eigenvalue weighted by Gasteiger charge is -2.11. The fourth-order valence-corrected chi connectivity index (χ4v) is 2.92. The van der Waals surface area contributed by atoms with Gasteiger partial charge < -0.3 is 16.0 Å². The van der Waals surface area contributed by atoms with E-state index in [1.165, 1.54) is 0 Å². The van der Waals surface area contributed by atoms with Crippen LogP contribution in [0.25, 0.3) is 0 Å². The molecular weight excluding hydrogens is 350 g/mol. The van der Waals surface area contributed by atoms with E-state index in [-0.39, 0.29) is 5.91 Å². The van der Waals surface area contributed by atoms with Crippen molar-refractivity contribution in [2.45, 2.75) is 27.7 Å². The van der Waals surface area contributed by atoms with Crippen LogP contribution in [0.4, 0.5) is 23.1 Å². The number of carbonyl (C=O) groups is 1. The summed E-state index contributed by atoms with van der Waals surface area (Å²) in [5.41, 5.74) is 5.28. The van der Waals surface area contributed by atoms with E-state index in [1.807, 2.05) is 76.2 Å². The van der Waals surface area contributed by atoms with Crippen LogP contribution in [-0.2, 0) is 0 Å². The fourth-order valence-electron chi connectivity index (χ4n) is 2.92. The summed E-state index contributed by atoms with van der Waals surface area (Å²) in [5.74, 6) is 1.21. The Morgan fingerprint density at radius 1 is 0.929 bits per heavy atom. The summed E-state index contributed by atoms with van der Waals surface area (Å²) in [5, 5.41) is 9.33. The Bertz CT molecular complexity index is 983. The standard InChI is InChI=1S/C22H25N5O/c1-5-23-22-24-16(4)13-20(27-22)25-17-7-9-18(10-8-17)26-21(28)19-11-6-14(2)12-15(19)3/h6-13H,5H2,1-4H3,(H,26,28)(H2,23,24,25,27). The van der Waals surface area contributed by atoms with Gasteiger partial charge in [0.05, 0.1) is 0 Å². The molecule has 3 N–H and O–H groups in total. The molecule has 0 atom stereocenters. The van der Waals surface area contributed by atoms with Gasteiger partial charge in [0, 0.05) is 35.2 Å². The van der Waals surface area contributed by atoms with Gasteiger partial charge in [-0.1, -0.05) is 17.7 Å². The summed E-state index contributed by atoms with van der Waals surface area (Å²) in [4.78, 5) is 21.3. The number of rotatable bonds is 6. The smallest absolute Gasteiger partial charge is 0.255 e. The zero-order valence-electron chi connectivity index (χ0n) is 16.6. The van der Waals surface area contributed by atoms with Crippen LogP contribution in [0, 0.1) is 20.8 Å². The number of nitrogens with zero attached hydrogens (tertiary/aromatic N) is 2. The largest absolute Gasteiger partial charge is 0.354 e. The van der Waals surface area contributed by atoms with Crippen LogP contribution in [0.3, 0.4) is 0 Å². The molecule has 0 aliphatic rings. The first-order chi connectivity index (χ1) is 13.4. The van der Waals surface area contributed by atoms with Crippen LogP contribution < -0.4 is 16.0 Å². The Morgan fingerprint density at radius 2 is 1.64 bits per heavy atom. The van der Waals surface area contributed by atoms with Gasteiger partial charge in [-0.2, -0.15) is 4.98 Å². The third-order valence-electron chi connectivity index (χ3n) is 4.23. The quantitative estimate of drug-likeness (QED) is 0.575. The van der Waals surface area contributed by atoms with Gasteiger partial charge in [0.15, 0.2) is 0 Å². The van der Waals surface area contributed by atoms with Gasteiger partial charge in [0.2, 0.25) is 5.95 Å². The van der Waals surface area contributed by atoms with E-state index in [1.54, 1.807) is 0 Å². The molecule has 3 rings (SSSR count). The molecular formula is C22H25N5O. The molecule has 0 fully saturated rings. The van der Waals surface area contributed by atoms with Gasteiger partial charge in [-0.15, -0.1) is 0 Å². The highest BCUT2D eigenvalue weighted by molar-refractivity contribution is 6.05. The number of aryl methyl sites for hydroxylation is 3. The Labute approximate surface area is 165 Å². The summed E-state index contributed by atoms with van der Waals surface area (Å²) >= 11 is 0. The van der Waals surface area contributed by atoms with Crippen LogP contribution in [0.5, 0.6) is 0 Å². The van der Waals surface area contributed by atoms with E-state index < -0.39 is 0 Å². The summed E-state index contributed by atoms with van der Waals surface area (Å²) in [7, 11) is 0. The van der Waals surface area contributed by atoms with Gasteiger partial charge in [-0.25, -0.2) is 4.98 Å². The van der Waals surface area contributed by atoms with Gasteiger partial charge >= 0.3 is 0 Å². The van der Waals surface area contributed by atoms with Crippen molar-refractivity contribution in [1.29, 1.82) is 0 Å². The van der Waals surface area contributed by atoms with Crippen LogP contribution in [0.1, 0.15) is 34.1 Å². The Balaban J connectivity index is 1.69. The Morgan fingerprint density at radius 3 is 2.32 bits per heavy atom. The lowest BCUT2D eigenvalue weighted by molar-refractivity contribution is 0.102. The van der Waals surface area contributed by atoms with E-state index in [4.69, 9.17) is 0 Å². The number of hydrogen-bond acceptors (Lipinski definition) is 5. The predicted octanol–water partition coefficient (Wildman–Crippen LogP) is 4.83. The number of amides is 1. The molecule has 0 spiro atoms. The van der Waals surface area contributed by atoms with Crippen molar-refractivity contribution in [2.75, 3.05) is 22.5 Å². The first-order valence-electron chi connectivity index (χ1n) is 9.30. The van der Waals surface area contributed by atoms with Gasteiger partial charge in [-0.3, -0.25) is 4.79 Å². The predicted molar refractivity (Wildman–Crippen MR) is 115 cm³/mol. The van der Waals surface area contributed by atoms with Crippen molar-refractivity contribution >= 4 is 29.0 Å². The third-order valence-corrected chi connectivity index (χ3v) is 4.23. The monoisotopic (exact) mass is 375 g/mol. The highest BCUT2D eigenvalue weighted by atomic mass is 16.1. The summed E-state index contributed by atoms with van der Waals surface area (Å²) in [6.07, 6.45) is 0. The normalized spacial score (nSPS) is 10.4. The second kappa shape index (κ2) is 8.52. The first-order valence-corrected chi connectivity index (χ1v) is 9.30. The molecule has 0 bridgehead atoms. The molecule has 3 aromatic rings. The molecule has 6 nitrogen and oxygen atoms in total. The maximum atomic E-state index is 12.5. The molecule has 0 aliphatic carbocycles. The first kappa shape index (κ1) is 19.4. The minimum atomic E-state index is -0.111. The number of nitrogens with one attached hydrogen (secondary N) is 3. The number of hydrogen-bond donors (Lipinski definition) is 3. The average molecular weight is 375 g/mol. The van der Waals surface area contributed by atoms with Crippen LogP contribution in [0.15, 0.2) is 48.5 Å². The number of aromatic nitrogens is 2. The molecule has 2 aromatic carbocycles. The molecule has 1 amide bonds. The molecule has 28 heavy (non-hydrogen) atoms. The van der Waals surface area contributed by atoms with Crippen molar-refractivity contribution in [3.8, 4) is 0 Å². The molecule has 0 saturated carbocycles. The molecule has 6 heteroatoms. The van der Waals surface area contributed by atoms with Crippen molar-refractivity contribution < 1.29 is 4.79 Å². The van der Waals surface area contributed by atoms with E-state index >= 15 is 0 Å². The van der Waals surface area contributed by atoms with E-state index in [9.17, 15) is 4.79 Å². The molecule has 0 radical (unpaired) electrons. The molecule has 144 valence electrons. The lowest BCUT2D eigenvalue weighted by Crippen LogP contribution is -2.13. The lowest BCUT2D eigenvalue weighted by atomic mass is 10.1. The summed E-state index contributed by atoms with van der Waals surface area (Å²) in [6.45, 7) is 8.65. The maximum absolute atomic E-state index is 12.5. The van der Waals surface area contributed by atoms with Crippen molar-refractivity contribution in [1.82, 2.24) is 9.97 Å². The van der Waals surface area contributed by atoms with Gasteiger partial charge in [0.1, 0.15) is 5.82 Å². The zero-order chi connectivity index (χ0) is 20.1. The molecule has 1 aromatic heterocycles. The van der Waals surface area contributed by atoms with Gasteiger partial charge in [-0.05, 0) is 63.6 Å². The molecule has 0 saturated heterocycles. The van der Waals surface area contributed by atoms with Gasteiger partial charge in [0.25, 0.3) is 5.91 Å². The van der Waals surface area contributed by atoms with Crippen LogP contribution in [-0.4, -0.2) is 22.4 Å². The zero-order valence-corrected chi connectivity index (χ0v) is 16.6. The van der Waals surface area contributed by atoms with Crippen molar-refractivity contribution in [3.05, 3.63) is 70.9 Å². The Kier molecular flexibility index (Phi) is 5.89. The highest BCUT2D eigenvalue weighted by Gasteiger charge is 2.09. The van der Waals surface area contributed by atoms with E-state index in [2.05, 4.69) is 25.9 Å². The third kappa shape index (κ3) is 4.85. The molecule has 1 heterocycles. The SMILES string of the molecule is CCNc1nc(C)cc(Nc2ccc(NC(=O)c3ccc(C)cc3C)cc2)n1. The number of anilines is 4. The summed E-state index contributed by atoms with van der Waals surface area (Å²) in [6, 6.07) is 15.2. The van der Waals surface area contributed by atoms with E-state index in [0.29, 0.717) is 11.5 Å². The van der Waals surface area contributed by atoms with Crippen molar-refractivity contribution in [2.24, 2.45) is 0 Å². The Hall–Kier alpha value is -3.41. The fraction of sp³-hybridized carbons (Fsp3) is 0.227. The minimum Gasteiger partial charge on any atom is -0.354 e. The van der Waals surface area contributed by atoms with Crippen LogP contribution in [0.2, 0.25) is 0 Å². The topological polar surface area (TPSA) is 78.9 Å². The summed E-state index contributed by atoms with van der Waals surface area (Å²) < 4.78 is 0. The second-order valence-corrected chi connectivity index (χ2v) is 6.72. The van der Waals surface area contributed by atoms with Crippen molar-refractivity contribution in [3.63, 3.8) is 0 Å². The maximum Gasteiger partial charge on any atom is 0.255 e. The molecule has 0 unspecified atom stereocenters. The average Bonchev–Trinajstić information content (AvgIpc) is 2.63. The van der Waals surface area contributed by atoms with E-state index in [0.717, 1.165) is 40.6 Å². The minimum absolute atomic E-state index is 0.111. The highest BCUT2D eigenvalue weighted by Crippen LogP contribution is 2.20. The number of carbonyl (C=O) groups excluding carboxylic acids is 1. The number of benzene rings is 2. The second-order valence-electron chi connectivity index (χ2n) is 6.72. The van der Waals surface area contributed by atoms with Crippen LogP contribution >= 0.6 is 0 Å². The molecule has 0 aliphatic heterocycles.